The third-order valence-electron chi connectivity index (χ3n) is 3.69. The summed E-state index contributed by atoms with van der Waals surface area (Å²) in [6, 6.07) is 12.4. The lowest BCUT2D eigenvalue weighted by Gasteiger charge is -2.13. The quantitative estimate of drug-likeness (QED) is 0.492. The maximum Gasteiger partial charge on any atom is 0.237 e. The maximum atomic E-state index is 12.4. The number of thioether (sulfide) groups is 1. The molecule has 2 amide bonds. The molecule has 0 aliphatic rings. The molecule has 0 aliphatic heterocycles. The van der Waals surface area contributed by atoms with E-state index >= 15 is 0 Å². The number of carbonyl (C=O) groups excluding carboxylic acids is 2. The summed E-state index contributed by atoms with van der Waals surface area (Å²) >= 11 is 13.3. The standard InChI is InChI=1S/C20H22Cl2N2O2S/c1-3-4-8-19(25)23-16-6-5-7-18(12-16)27-13(2)20(26)24-17-10-14(21)9-15(22)11-17/h5-7,9-13H,3-4,8H2,1-2H3,(H,23,25)(H,24,26). The summed E-state index contributed by atoms with van der Waals surface area (Å²) in [4.78, 5) is 25.2. The van der Waals surface area contributed by atoms with Crippen LogP contribution in [0.2, 0.25) is 10.0 Å². The number of anilines is 2. The lowest BCUT2D eigenvalue weighted by atomic mass is 10.2. The third-order valence-corrected chi connectivity index (χ3v) is 5.22. The second kappa shape index (κ2) is 10.6. The Morgan fingerprint density at radius 2 is 1.74 bits per heavy atom. The zero-order chi connectivity index (χ0) is 19.8. The zero-order valence-corrected chi connectivity index (χ0v) is 17.5. The summed E-state index contributed by atoms with van der Waals surface area (Å²) in [5.41, 5.74) is 1.29. The molecular weight excluding hydrogens is 403 g/mol. The first-order chi connectivity index (χ1) is 12.9. The molecule has 144 valence electrons. The third kappa shape index (κ3) is 7.45. The number of carbonyl (C=O) groups is 2. The molecule has 4 nitrogen and oxygen atoms in total. The summed E-state index contributed by atoms with van der Waals surface area (Å²) < 4.78 is 0. The van der Waals surface area contributed by atoms with Gasteiger partial charge in [0.2, 0.25) is 11.8 Å². The molecule has 0 radical (unpaired) electrons. The second-order valence-electron chi connectivity index (χ2n) is 6.09. The van der Waals surface area contributed by atoms with Gasteiger partial charge >= 0.3 is 0 Å². The van der Waals surface area contributed by atoms with Gasteiger partial charge in [-0.2, -0.15) is 0 Å². The molecule has 2 rings (SSSR count). The number of hydrogen-bond acceptors (Lipinski definition) is 3. The molecule has 0 saturated carbocycles. The fourth-order valence-electron chi connectivity index (χ4n) is 2.34. The minimum absolute atomic E-state index is 0.00243. The highest BCUT2D eigenvalue weighted by Crippen LogP contribution is 2.28. The molecule has 2 N–H and O–H groups in total. The van der Waals surface area contributed by atoms with Gasteiger partial charge in [0.05, 0.1) is 5.25 Å². The second-order valence-corrected chi connectivity index (χ2v) is 8.37. The summed E-state index contributed by atoms with van der Waals surface area (Å²) in [6.07, 6.45) is 2.35. The van der Waals surface area contributed by atoms with Gasteiger partial charge < -0.3 is 10.6 Å². The van der Waals surface area contributed by atoms with E-state index in [4.69, 9.17) is 23.2 Å². The van der Waals surface area contributed by atoms with Crippen LogP contribution in [0.4, 0.5) is 11.4 Å². The fraction of sp³-hybridized carbons (Fsp3) is 0.300. The van der Waals surface area contributed by atoms with E-state index in [1.54, 1.807) is 18.2 Å². The van der Waals surface area contributed by atoms with E-state index in [0.29, 0.717) is 22.2 Å². The van der Waals surface area contributed by atoms with E-state index < -0.39 is 0 Å². The molecule has 0 fully saturated rings. The van der Waals surface area contributed by atoms with Crippen LogP contribution in [0.15, 0.2) is 47.4 Å². The van der Waals surface area contributed by atoms with Crippen LogP contribution in [0.25, 0.3) is 0 Å². The highest BCUT2D eigenvalue weighted by atomic mass is 35.5. The van der Waals surface area contributed by atoms with Crippen LogP contribution in [0.3, 0.4) is 0 Å². The first kappa shape index (κ1) is 21.6. The number of benzene rings is 2. The minimum Gasteiger partial charge on any atom is -0.326 e. The van der Waals surface area contributed by atoms with Crippen molar-refractivity contribution in [3.8, 4) is 0 Å². The Bertz CT molecular complexity index is 794. The van der Waals surface area contributed by atoms with Crippen molar-refractivity contribution >= 4 is 58.2 Å². The number of halogens is 2. The summed E-state index contributed by atoms with van der Waals surface area (Å²) in [5.74, 6) is -0.154. The lowest BCUT2D eigenvalue weighted by molar-refractivity contribution is -0.116. The molecule has 7 heteroatoms. The molecule has 0 saturated heterocycles. The minimum atomic E-state index is -0.339. The van der Waals surface area contributed by atoms with Gasteiger partial charge in [0, 0.05) is 32.7 Å². The molecule has 0 spiro atoms. The van der Waals surface area contributed by atoms with Crippen molar-refractivity contribution < 1.29 is 9.59 Å². The highest BCUT2D eigenvalue weighted by molar-refractivity contribution is 8.00. The molecule has 2 aromatic rings. The molecule has 1 unspecified atom stereocenters. The van der Waals surface area contributed by atoms with E-state index in [1.165, 1.54) is 11.8 Å². The van der Waals surface area contributed by atoms with Gasteiger partial charge in [0.15, 0.2) is 0 Å². The van der Waals surface area contributed by atoms with Crippen molar-refractivity contribution in [2.24, 2.45) is 0 Å². The van der Waals surface area contributed by atoms with Crippen LogP contribution in [0.5, 0.6) is 0 Å². The Labute approximate surface area is 174 Å². The summed E-state index contributed by atoms with van der Waals surface area (Å²) in [6.45, 7) is 3.87. The van der Waals surface area contributed by atoms with Crippen molar-refractivity contribution in [1.82, 2.24) is 0 Å². The summed E-state index contributed by atoms with van der Waals surface area (Å²) in [7, 11) is 0. The predicted molar refractivity (Wildman–Crippen MR) is 115 cm³/mol. The van der Waals surface area contributed by atoms with Crippen LogP contribution >= 0.6 is 35.0 Å². The van der Waals surface area contributed by atoms with Crippen molar-refractivity contribution in [3.63, 3.8) is 0 Å². The van der Waals surface area contributed by atoms with Gasteiger partial charge in [-0.3, -0.25) is 9.59 Å². The van der Waals surface area contributed by atoms with E-state index in [0.717, 1.165) is 23.4 Å². The Kier molecular flexibility index (Phi) is 8.48. The van der Waals surface area contributed by atoms with E-state index in [9.17, 15) is 9.59 Å². The van der Waals surface area contributed by atoms with Gasteiger partial charge in [0.25, 0.3) is 0 Å². The summed E-state index contributed by atoms with van der Waals surface area (Å²) in [5, 5.41) is 6.29. The van der Waals surface area contributed by atoms with Crippen LogP contribution in [-0.4, -0.2) is 17.1 Å². The van der Waals surface area contributed by atoms with E-state index in [1.807, 2.05) is 38.1 Å². The van der Waals surface area contributed by atoms with Gasteiger partial charge in [-0.05, 0) is 49.7 Å². The van der Waals surface area contributed by atoms with Crippen LogP contribution in [-0.2, 0) is 9.59 Å². The molecule has 27 heavy (non-hydrogen) atoms. The smallest absolute Gasteiger partial charge is 0.237 e. The molecular formula is C20H22Cl2N2O2S. The molecule has 0 heterocycles. The molecule has 2 aromatic carbocycles. The SMILES string of the molecule is CCCCC(=O)Nc1cccc(SC(C)C(=O)Nc2cc(Cl)cc(Cl)c2)c1. The average molecular weight is 425 g/mol. The largest absolute Gasteiger partial charge is 0.326 e. The Hall–Kier alpha value is -1.69. The first-order valence-electron chi connectivity index (χ1n) is 8.71. The van der Waals surface area contributed by atoms with Crippen molar-refractivity contribution in [1.29, 1.82) is 0 Å². The van der Waals surface area contributed by atoms with Gasteiger partial charge in [-0.25, -0.2) is 0 Å². The monoisotopic (exact) mass is 424 g/mol. The molecule has 1 atom stereocenters. The lowest BCUT2D eigenvalue weighted by Crippen LogP contribution is -2.22. The number of nitrogens with one attached hydrogen (secondary N) is 2. The van der Waals surface area contributed by atoms with Crippen molar-refractivity contribution in [2.45, 2.75) is 43.3 Å². The number of amides is 2. The first-order valence-corrected chi connectivity index (χ1v) is 10.3. The van der Waals surface area contributed by atoms with Crippen LogP contribution in [0, 0.1) is 0 Å². The topological polar surface area (TPSA) is 58.2 Å². The van der Waals surface area contributed by atoms with Gasteiger partial charge in [0.1, 0.15) is 0 Å². The molecule has 0 bridgehead atoms. The predicted octanol–water partition coefficient (Wildman–Crippen LogP) is 6.24. The Morgan fingerprint density at radius 1 is 1.04 bits per heavy atom. The fourth-order valence-corrected chi connectivity index (χ4v) is 3.79. The van der Waals surface area contributed by atoms with E-state index in [2.05, 4.69) is 10.6 Å². The molecule has 0 aliphatic carbocycles. The zero-order valence-electron chi connectivity index (χ0n) is 15.2. The normalized spacial score (nSPS) is 11.7. The Morgan fingerprint density at radius 3 is 2.41 bits per heavy atom. The average Bonchev–Trinajstić information content (AvgIpc) is 2.59. The highest BCUT2D eigenvalue weighted by Gasteiger charge is 2.15. The van der Waals surface area contributed by atoms with E-state index in [-0.39, 0.29) is 17.1 Å². The van der Waals surface area contributed by atoms with Crippen molar-refractivity contribution in [3.05, 3.63) is 52.5 Å². The van der Waals surface area contributed by atoms with Crippen molar-refractivity contribution in [2.75, 3.05) is 10.6 Å². The van der Waals surface area contributed by atoms with Crippen LogP contribution < -0.4 is 10.6 Å². The maximum absolute atomic E-state index is 12.4. The molecule has 0 aromatic heterocycles. The number of unbranched alkanes of at least 4 members (excludes halogenated alkanes) is 1. The van der Waals surface area contributed by atoms with Gasteiger partial charge in [-0.15, -0.1) is 11.8 Å². The van der Waals surface area contributed by atoms with Gasteiger partial charge in [-0.1, -0.05) is 42.6 Å². The van der Waals surface area contributed by atoms with Crippen LogP contribution in [0.1, 0.15) is 33.1 Å². The Balaban J connectivity index is 1.96. The number of rotatable bonds is 8. The number of hydrogen-bond donors (Lipinski definition) is 2.